The summed E-state index contributed by atoms with van der Waals surface area (Å²) >= 11 is 0. The van der Waals surface area contributed by atoms with Crippen molar-refractivity contribution in [2.75, 3.05) is 64.1 Å². The first-order chi connectivity index (χ1) is 11.6. The van der Waals surface area contributed by atoms with Crippen LogP contribution in [-0.4, -0.2) is 69.6 Å². The van der Waals surface area contributed by atoms with Gasteiger partial charge in [-0.2, -0.15) is 0 Å². The van der Waals surface area contributed by atoms with Gasteiger partial charge in [-0.3, -0.25) is 4.90 Å². The lowest BCUT2D eigenvalue weighted by Crippen LogP contribution is -2.54. The molecule has 1 aromatic carbocycles. The van der Waals surface area contributed by atoms with Crippen LogP contribution in [0.1, 0.15) is 19.4 Å². The predicted molar refractivity (Wildman–Crippen MR) is 97.7 cm³/mol. The van der Waals surface area contributed by atoms with Gasteiger partial charge in [-0.1, -0.05) is 12.1 Å². The lowest BCUT2D eigenvalue weighted by molar-refractivity contribution is -0.00966. The van der Waals surface area contributed by atoms with Gasteiger partial charge in [0.05, 0.1) is 26.4 Å². The van der Waals surface area contributed by atoms with E-state index in [0.717, 1.165) is 65.7 Å². The molecule has 0 radical (unpaired) electrons. The quantitative estimate of drug-likeness (QED) is 0.858. The summed E-state index contributed by atoms with van der Waals surface area (Å²) in [4.78, 5) is 4.91. The van der Waals surface area contributed by atoms with Crippen molar-refractivity contribution in [3.8, 4) is 0 Å². The zero-order valence-electron chi connectivity index (χ0n) is 15.1. The molecule has 0 aromatic heterocycles. The second-order valence-corrected chi connectivity index (χ2v) is 7.28. The van der Waals surface area contributed by atoms with E-state index in [1.54, 1.807) is 0 Å². The fourth-order valence-corrected chi connectivity index (χ4v) is 3.44. The molecule has 0 amide bonds. The monoisotopic (exact) mass is 333 g/mol. The molecule has 2 heterocycles. The Labute approximate surface area is 145 Å². The van der Waals surface area contributed by atoms with Crippen LogP contribution < -0.4 is 10.2 Å². The summed E-state index contributed by atoms with van der Waals surface area (Å²) in [5.74, 6) is 0. The van der Waals surface area contributed by atoms with Crippen LogP contribution in [0, 0.1) is 0 Å². The number of hydrogen-bond donors (Lipinski definition) is 1. The van der Waals surface area contributed by atoms with Gasteiger partial charge < -0.3 is 19.7 Å². The van der Waals surface area contributed by atoms with Crippen LogP contribution in [0.5, 0.6) is 0 Å². The van der Waals surface area contributed by atoms with E-state index in [1.807, 2.05) is 0 Å². The van der Waals surface area contributed by atoms with Gasteiger partial charge in [0, 0.05) is 50.5 Å². The Hall–Kier alpha value is -1.14. The van der Waals surface area contributed by atoms with Gasteiger partial charge in [0.2, 0.25) is 0 Å². The minimum absolute atomic E-state index is 0.164. The lowest BCUT2D eigenvalue weighted by atomic mass is 10.0. The number of anilines is 1. The van der Waals surface area contributed by atoms with E-state index in [9.17, 15) is 0 Å². The first kappa shape index (κ1) is 17.7. The van der Waals surface area contributed by atoms with Crippen molar-refractivity contribution >= 4 is 5.69 Å². The van der Waals surface area contributed by atoms with Crippen molar-refractivity contribution in [2.45, 2.75) is 25.9 Å². The molecule has 2 saturated heterocycles. The summed E-state index contributed by atoms with van der Waals surface area (Å²) in [7, 11) is 0. The van der Waals surface area contributed by atoms with Gasteiger partial charge in [0.25, 0.3) is 0 Å². The number of nitrogens with zero attached hydrogens (tertiary/aromatic N) is 2. The summed E-state index contributed by atoms with van der Waals surface area (Å²) < 4.78 is 10.9. The largest absolute Gasteiger partial charge is 0.379 e. The minimum atomic E-state index is 0.164. The SMILES string of the molecule is CC(C)(CNCc1ccc(N2CCOCC2)cc1)N1CCOCC1. The van der Waals surface area contributed by atoms with Gasteiger partial charge in [0.15, 0.2) is 0 Å². The molecular formula is C19H31N3O2. The number of benzene rings is 1. The van der Waals surface area contributed by atoms with Crippen LogP contribution in [0.2, 0.25) is 0 Å². The normalized spacial score (nSPS) is 20.3. The van der Waals surface area contributed by atoms with Gasteiger partial charge in [-0.15, -0.1) is 0 Å². The smallest absolute Gasteiger partial charge is 0.0642 e. The average molecular weight is 333 g/mol. The molecule has 0 aliphatic carbocycles. The van der Waals surface area contributed by atoms with Crippen molar-refractivity contribution in [1.29, 1.82) is 0 Å². The maximum atomic E-state index is 5.46. The number of hydrogen-bond acceptors (Lipinski definition) is 5. The maximum Gasteiger partial charge on any atom is 0.0642 e. The summed E-state index contributed by atoms with van der Waals surface area (Å²) in [6, 6.07) is 8.93. The Morgan fingerprint density at radius 2 is 1.50 bits per heavy atom. The second-order valence-electron chi connectivity index (χ2n) is 7.28. The highest BCUT2D eigenvalue weighted by molar-refractivity contribution is 5.47. The first-order valence-electron chi connectivity index (χ1n) is 9.10. The second kappa shape index (κ2) is 8.30. The molecule has 0 unspecified atom stereocenters. The molecule has 5 heteroatoms. The number of ether oxygens (including phenoxy) is 2. The highest BCUT2D eigenvalue weighted by Crippen LogP contribution is 2.18. The Morgan fingerprint density at radius 1 is 0.917 bits per heavy atom. The molecule has 2 aliphatic rings. The molecule has 24 heavy (non-hydrogen) atoms. The molecule has 2 aliphatic heterocycles. The third-order valence-corrected chi connectivity index (χ3v) is 5.07. The zero-order valence-corrected chi connectivity index (χ0v) is 15.1. The van der Waals surface area contributed by atoms with E-state index < -0.39 is 0 Å². The first-order valence-corrected chi connectivity index (χ1v) is 9.10. The summed E-state index contributed by atoms with van der Waals surface area (Å²) in [5.41, 5.74) is 2.80. The van der Waals surface area contributed by atoms with Crippen LogP contribution in [0.4, 0.5) is 5.69 Å². The topological polar surface area (TPSA) is 37.0 Å². The van der Waals surface area contributed by atoms with Crippen LogP contribution in [0.3, 0.4) is 0 Å². The molecule has 1 aromatic rings. The van der Waals surface area contributed by atoms with E-state index >= 15 is 0 Å². The summed E-state index contributed by atoms with van der Waals surface area (Å²) in [5, 5.41) is 3.62. The fourth-order valence-electron chi connectivity index (χ4n) is 3.44. The maximum absolute atomic E-state index is 5.46. The molecule has 1 N–H and O–H groups in total. The van der Waals surface area contributed by atoms with Crippen LogP contribution in [-0.2, 0) is 16.0 Å². The van der Waals surface area contributed by atoms with Crippen LogP contribution in [0.15, 0.2) is 24.3 Å². The van der Waals surface area contributed by atoms with E-state index in [-0.39, 0.29) is 5.54 Å². The Morgan fingerprint density at radius 3 is 2.12 bits per heavy atom. The standard InChI is InChI=1S/C19H31N3O2/c1-19(2,22-9-13-24-14-10-22)16-20-15-17-3-5-18(6-4-17)21-7-11-23-12-8-21/h3-6,20H,7-16H2,1-2H3. The number of rotatable bonds is 6. The molecule has 0 bridgehead atoms. The van der Waals surface area contributed by atoms with Crippen molar-refractivity contribution in [2.24, 2.45) is 0 Å². The van der Waals surface area contributed by atoms with Gasteiger partial charge >= 0.3 is 0 Å². The van der Waals surface area contributed by atoms with Crippen LogP contribution >= 0.6 is 0 Å². The Kier molecular flexibility index (Phi) is 6.11. The zero-order chi connectivity index (χ0) is 16.8. The third kappa shape index (κ3) is 4.70. The fraction of sp³-hybridized carbons (Fsp3) is 0.684. The molecule has 0 spiro atoms. The molecular weight excluding hydrogens is 302 g/mol. The molecule has 134 valence electrons. The molecule has 3 rings (SSSR count). The minimum Gasteiger partial charge on any atom is -0.379 e. The molecule has 0 atom stereocenters. The highest BCUT2D eigenvalue weighted by Gasteiger charge is 2.27. The Balaban J connectivity index is 1.46. The summed E-state index contributed by atoms with van der Waals surface area (Å²) in [6.45, 7) is 13.9. The van der Waals surface area contributed by atoms with E-state index in [4.69, 9.17) is 9.47 Å². The van der Waals surface area contributed by atoms with E-state index in [2.05, 4.69) is 53.2 Å². The van der Waals surface area contributed by atoms with Crippen molar-refractivity contribution < 1.29 is 9.47 Å². The van der Waals surface area contributed by atoms with Gasteiger partial charge in [-0.05, 0) is 31.5 Å². The predicted octanol–water partition coefficient (Wildman–Crippen LogP) is 1.72. The van der Waals surface area contributed by atoms with Crippen molar-refractivity contribution in [3.05, 3.63) is 29.8 Å². The van der Waals surface area contributed by atoms with Crippen LogP contribution in [0.25, 0.3) is 0 Å². The molecule has 5 nitrogen and oxygen atoms in total. The average Bonchev–Trinajstić information content (AvgIpc) is 2.64. The highest BCUT2D eigenvalue weighted by atomic mass is 16.5. The molecule has 2 fully saturated rings. The van der Waals surface area contributed by atoms with E-state index in [0.29, 0.717) is 0 Å². The number of nitrogens with one attached hydrogen (secondary N) is 1. The lowest BCUT2D eigenvalue weighted by Gasteiger charge is -2.41. The number of morpholine rings is 2. The summed E-state index contributed by atoms with van der Waals surface area (Å²) in [6.07, 6.45) is 0. The Bertz CT molecular complexity index is 492. The molecule has 0 saturated carbocycles. The van der Waals surface area contributed by atoms with Gasteiger partial charge in [0.1, 0.15) is 0 Å². The van der Waals surface area contributed by atoms with Crippen molar-refractivity contribution in [1.82, 2.24) is 10.2 Å². The van der Waals surface area contributed by atoms with Gasteiger partial charge in [-0.25, -0.2) is 0 Å². The van der Waals surface area contributed by atoms with E-state index in [1.165, 1.54) is 11.3 Å². The van der Waals surface area contributed by atoms with Crippen molar-refractivity contribution in [3.63, 3.8) is 0 Å². The third-order valence-electron chi connectivity index (χ3n) is 5.07.